The standard InChI is InChI=1S/C29H41FN4O4/c1-6-20(7-2)15-24-28(36)31-14-8-9-21-12-13-23(30)16-25(21)38-18(3)17-32-26(22-10-11-22)29(37)34(5)19(4)27(35)33-24/h6-7,12-13,16,18-19,22,24,26,32H,1,8-11,14-15,17H2,2-5H3,(H,31,36)(H,33,35)/b20-7+/t18-,19-,24-,26+/m1/s1. The first-order valence-electron chi connectivity index (χ1n) is 13.4. The number of carbonyl (C=O) groups excluding carboxylic acids is 3. The maximum atomic E-state index is 14.0. The van der Waals surface area contributed by atoms with E-state index in [4.69, 9.17) is 4.74 Å². The maximum absolute atomic E-state index is 14.0. The number of rotatable bonds is 4. The Kier molecular flexibility index (Phi) is 10.5. The number of halogens is 1. The van der Waals surface area contributed by atoms with E-state index >= 15 is 0 Å². The van der Waals surface area contributed by atoms with E-state index in [2.05, 4.69) is 22.5 Å². The van der Waals surface area contributed by atoms with E-state index < -0.39 is 24.0 Å². The van der Waals surface area contributed by atoms with Gasteiger partial charge in [0.1, 0.15) is 29.8 Å². The summed E-state index contributed by atoms with van der Waals surface area (Å²) < 4.78 is 20.1. The average molecular weight is 529 g/mol. The fraction of sp³-hybridized carbons (Fsp3) is 0.552. The lowest BCUT2D eigenvalue weighted by atomic mass is 10.0. The Bertz CT molecular complexity index is 1060. The molecule has 3 rings (SSSR count). The number of hydrogen-bond donors (Lipinski definition) is 3. The molecule has 9 heteroatoms. The first kappa shape index (κ1) is 29.4. The van der Waals surface area contributed by atoms with E-state index in [1.165, 1.54) is 17.0 Å². The number of allylic oxidation sites excluding steroid dienone is 2. The van der Waals surface area contributed by atoms with Crippen LogP contribution in [-0.4, -0.2) is 67.0 Å². The van der Waals surface area contributed by atoms with Crippen molar-refractivity contribution in [2.24, 2.45) is 5.92 Å². The van der Waals surface area contributed by atoms with Gasteiger partial charge in [0, 0.05) is 32.6 Å². The summed E-state index contributed by atoms with van der Waals surface area (Å²) in [5.41, 5.74) is 1.66. The second kappa shape index (κ2) is 13.6. The average Bonchev–Trinajstić information content (AvgIpc) is 3.73. The molecule has 3 amide bonds. The van der Waals surface area contributed by atoms with E-state index in [-0.39, 0.29) is 36.1 Å². The van der Waals surface area contributed by atoms with Crippen molar-refractivity contribution in [3.8, 4) is 5.75 Å². The van der Waals surface area contributed by atoms with Gasteiger partial charge in [-0.05, 0) is 64.0 Å². The van der Waals surface area contributed by atoms with Crippen LogP contribution in [0, 0.1) is 11.7 Å². The molecule has 208 valence electrons. The Morgan fingerprint density at radius 2 is 1.95 bits per heavy atom. The van der Waals surface area contributed by atoms with Crippen LogP contribution in [-0.2, 0) is 20.8 Å². The third kappa shape index (κ3) is 7.90. The number of amides is 3. The molecule has 2 aliphatic rings. The van der Waals surface area contributed by atoms with Gasteiger partial charge in [0.2, 0.25) is 17.7 Å². The van der Waals surface area contributed by atoms with E-state index in [1.807, 2.05) is 19.9 Å². The molecule has 0 aromatic heterocycles. The first-order chi connectivity index (χ1) is 18.1. The molecule has 1 fully saturated rings. The zero-order valence-corrected chi connectivity index (χ0v) is 22.9. The number of benzene rings is 1. The molecule has 1 heterocycles. The number of aryl methyl sites for hydroxylation is 1. The topological polar surface area (TPSA) is 99.8 Å². The zero-order valence-electron chi connectivity index (χ0n) is 22.9. The Hall–Kier alpha value is -3.20. The van der Waals surface area contributed by atoms with Crippen molar-refractivity contribution in [2.75, 3.05) is 20.1 Å². The van der Waals surface area contributed by atoms with Gasteiger partial charge in [-0.25, -0.2) is 4.39 Å². The lowest BCUT2D eigenvalue weighted by molar-refractivity contribution is -0.141. The Morgan fingerprint density at radius 1 is 1.21 bits per heavy atom. The van der Waals surface area contributed by atoms with Gasteiger partial charge in [0.05, 0.1) is 6.04 Å². The minimum atomic E-state index is -0.820. The van der Waals surface area contributed by atoms with Gasteiger partial charge >= 0.3 is 0 Å². The fourth-order valence-electron chi connectivity index (χ4n) is 4.54. The second-order valence-electron chi connectivity index (χ2n) is 10.3. The molecule has 1 aliphatic carbocycles. The molecule has 3 N–H and O–H groups in total. The summed E-state index contributed by atoms with van der Waals surface area (Å²) >= 11 is 0. The van der Waals surface area contributed by atoms with E-state index in [0.717, 1.165) is 24.0 Å². The van der Waals surface area contributed by atoms with Crippen LogP contribution in [0.1, 0.15) is 52.0 Å². The predicted molar refractivity (Wildman–Crippen MR) is 145 cm³/mol. The molecule has 38 heavy (non-hydrogen) atoms. The molecule has 4 atom stereocenters. The van der Waals surface area contributed by atoms with Crippen LogP contribution in [0.15, 0.2) is 42.5 Å². The van der Waals surface area contributed by atoms with Crippen LogP contribution in [0.5, 0.6) is 5.75 Å². The molecule has 1 aromatic rings. The highest BCUT2D eigenvalue weighted by Gasteiger charge is 2.39. The van der Waals surface area contributed by atoms with Gasteiger partial charge < -0.3 is 25.6 Å². The van der Waals surface area contributed by atoms with Crippen LogP contribution in [0.4, 0.5) is 4.39 Å². The van der Waals surface area contributed by atoms with Gasteiger partial charge in [-0.1, -0.05) is 30.4 Å². The molecule has 1 saturated carbocycles. The number of fused-ring (bicyclic) bond motifs is 1. The number of nitrogens with zero attached hydrogens (tertiary/aromatic N) is 1. The SMILES string of the molecule is C=C/C(=C\C)C[C@H]1NC(=O)[C@@H](C)N(C)C(=O)[C@H](C2CC2)NC[C@@H](C)Oc2cc(F)ccc2CCCNC1=O. The maximum Gasteiger partial charge on any atom is 0.243 e. The van der Waals surface area contributed by atoms with E-state index in [1.54, 1.807) is 26.1 Å². The smallest absolute Gasteiger partial charge is 0.243 e. The lowest BCUT2D eigenvalue weighted by Crippen LogP contribution is -2.56. The molecule has 8 nitrogen and oxygen atoms in total. The van der Waals surface area contributed by atoms with Gasteiger partial charge in [0.15, 0.2) is 0 Å². The molecule has 0 radical (unpaired) electrons. The summed E-state index contributed by atoms with van der Waals surface area (Å²) in [5.74, 6) is -0.642. The molecule has 0 spiro atoms. The Balaban J connectivity index is 1.87. The van der Waals surface area contributed by atoms with Gasteiger partial charge in [-0.2, -0.15) is 0 Å². The zero-order chi connectivity index (χ0) is 27.8. The second-order valence-corrected chi connectivity index (χ2v) is 10.3. The highest BCUT2D eigenvalue weighted by molar-refractivity contribution is 5.93. The largest absolute Gasteiger partial charge is 0.489 e. The molecule has 0 bridgehead atoms. The van der Waals surface area contributed by atoms with Crippen LogP contribution >= 0.6 is 0 Å². The summed E-state index contributed by atoms with van der Waals surface area (Å²) in [6, 6.07) is 2.42. The molecule has 0 saturated heterocycles. The summed E-state index contributed by atoms with van der Waals surface area (Å²) in [5, 5.41) is 9.08. The van der Waals surface area contributed by atoms with Crippen molar-refractivity contribution in [3.63, 3.8) is 0 Å². The monoisotopic (exact) mass is 528 g/mol. The van der Waals surface area contributed by atoms with E-state index in [0.29, 0.717) is 31.7 Å². The van der Waals surface area contributed by atoms with E-state index in [9.17, 15) is 18.8 Å². The number of likely N-dealkylation sites (N-methyl/N-ethyl adjacent to an activating group) is 1. The molecule has 1 aromatic carbocycles. The van der Waals surface area contributed by atoms with Crippen LogP contribution < -0.4 is 20.7 Å². The van der Waals surface area contributed by atoms with Crippen molar-refractivity contribution >= 4 is 17.7 Å². The van der Waals surface area contributed by atoms with Crippen LogP contribution in [0.2, 0.25) is 0 Å². The normalized spacial score (nSPS) is 26.8. The van der Waals surface area contributed by atoms with Crippen molar-refractivity contribution in [2.45, 2.75) is 77.1 Å². The predicted octanol–water partition coefficient (Wildman–Crippen LogP) is 2.88. The van der Waals surface area contributed by atoms with Crippen molar-refractivity contribution in [1.82, 2.24) is 20.9 Å². The Morgan fingerprint density at radius 3 is 2.61 bits per heavy atom. The number of carbonyl (C=O) groups is 3. The Labute approximate surface area is 225 Å². The number of hydrogen-bond acceptors (Lipinski definition) is 5. The third-order valence-electron chi connectivity index (χ3n) is 7.28. The minimum absolute atomic E-state index is 0.184. The quantitative estimate of drug-likeness (QED) is 0.522. The summed E-state index contributed by atoms with van der Waals surface area (Å²) in [7, 11) is 1.61. The third-order valence-corrected chi connectivity index (χ3v) is 7.28. The van der Waals surface area contributed by atoms with Gasteiger partial charge in [-0.3, -0.25) is 14.4 Å². The minimum Gasteiger partial charge on any atom is -0.489 e. The highest BCUT2D eigenvalue weighted by Crippen LogP contribution is 2.33. The van der Waals surface area contributed by atoms with Crippen LogP contribution in [0.25, 0.3) is 0 Å². The van der Waals surface area contributed by atoms with Crippen LogP contribution in [0.3, 0.4) is 0 Å². The molecular formula is C29H41FN4O4. The molecule has 0 unspecified atom stereocenters. The first-order valence-corrected chi connectivity index (χ1v) is 13.4. The fourth-order valence-corrected chi connectivity index (χ4v) is 4.54. The number of ether oxygens (including phenoxy) is 1. The van der Waals surface area contributed by atoms with Gasteiger partial charge in [-0.15, -0.1) is 0 Å². The number of nitrogens with one attached hydrogen (secondary N) is 3. The highest BCUT2D eigenvalue weighted by atomic mass is 19.1. The molecular weight excluding hydrogens is 487 g/mol. The summed E-state index contributed by atoms with van der Waals surface area (Å²) in [6.07, 6.45) is 6.50. The molecule has 1 aliphatic heterocycles. The van der Waals surface area contributed by atoms with Crippen molar-refractivity contribution in [3.05, 3.63) is 53.9 Å². The van der Waals surface area contributed by atoms with Gasteiger partial charge in [0.25, 0.3) is 0 Å². The summed E-state index contributed by atoms with van der Waals surface area (Å²) in [4.78, 5) is 41.2. The lowest BCUT2D eigenvalue weighted by Gasteiger charge is -2.31. The van der Waals surface area contributed by atoms with Crippen molar-refractivity contribution in [1.29, 1.82) is 0 Å². The summed E-state index contributed by atoms with van der Waals surface area (Å²) in [6.45, 7) is 9.93. The van der Waals surface area contributed by atoms with Crippen molar-refractivity contribution < 1.29 is 23.5 Å².